The van der Waals surface area contributed by atoms with Crippen LogP contribution in [-0.2, 0) is 9.84 Å². The smallest absolute Gasteiger partial charge is 0.187 e. The summed E-state index contributed by atoms with van der Waals surface area (Å²) in [6.45, 7) is 6.65. The fourth-order valence-corrected chi connectivity index (χ4v) is 1.40. The van der Waals surface area contributed by atoms with Crippen LogP contribution < -0.4 is 0 Å². The van der Waals surface area contributed by atoms with Gasteiger partial charge in [0.05, 0.1) is 11.5 Å². The van der Waals surface area contributed by atoms with Crippen molar-refractivity contribution in [1.82, 2.24) is 0 Å². The molecular formula is C8H7NO2S. The highest BCUT2D eigenvalue weighted by Gasteiger charge is 2.04. The molecule has 0 aliphatic rings. The molecule has 1 rings (SSSR count). The highest BCUT2D eigenvalue weighted by molar-refractivity contribution is 7.90. The summed E-state index contributed by atoms with van der Waals surface area (Å²) in [7, 11) is -3.13. The molecule has 0 fully saturated rings. The lowest BCUT2D eigenvalue weighted by Crippen LogP contribution is -1.95. The first kappa shape index (κ1) is 8.75. The molecule has 12 heavy (non-hydrogen) atoms. The molecule has 0 bridgehead atoms. The Balaban J connectivity index is 3.20. The molecule has 0 aromatic heterocycles. The van der Waals surface area contributed by atoms with Crippen LogP contribution in [0.3, 0.4) is 0 Å². The largest absolute Gasteiger partial charge is 0.238 e. The van der Waals surface area contributed by atoms with Crippen LogP contribution >= 0.6 is 0 Å². The molecule has 0 spiro atoms. The number of hydrogen-bond donors (Lipinski definition) is 0. The molecule has 1 aromatic rings. The van der Waals surface area contributed by atoms with E-state index in [1.54, 1.807) is 0 Å². The van der Waals surface area contributed by atoms with Crippen molar-refractivity contribution in [3.8, 4) is 0 Å². The van der Waals surface area contributed by atoms with Gasteiger partial charge in [-0.05, 0) is 0 Å². The van der Waals surface area contributed by atoms with Crippen molar-refractivity contribution in [2.45, 2.75) is 4.90 Å². The molecule has 0 radical (unpaired) electrons. The van der Waals surface area contributed by atoms with Crippen LogP contribution in [0, 0.1) is 6.57 Å². The maximum Gasteiger partial charge on any atom is 0.187 e. The van der Waals surface area contributed by atoms with E-state index in [-0.39, 0.29) is 4.90 Å². The van der Waals surface area contributed by atoms with E-state index < -0.39 is 9.84 Å². The van der Waals surface area contributed by atoms with Crippen LogP contribution in [0.5, 0.6) is 0 Å². The number of nitrogens with zero attached hydrogens (tertiary/aromatic N) is 1. The molecule has 0 amide bonds. The van der Waals surface area contributed by atoms with E-state index in [1.807, 2.05) is 0 Å². The Kier molecular flexibility index (Phi) is 2.15. The Morgan fingerprint density at radius 2 is 1.75 bits per heavy atom. The number of benzene rings is 1. The topological polar surface area (TPSA) is 38.5 Å². The van der Waals surface area contributed by atoms with Crippen LogP contribution in [-0.4, -0.2) is 14.7 Å². The first-order valence-corrected chi connectivity index (χ1v) is 5.11. The van der Waals surface area contributed by atoms with E-state index >= 15 is 0 Å². The standard InChI is InChI=1S/C8H7NO2S/c1-9-7-3-5-8(6-4-7)12(2,10)11/h3-6H,2H3. The Hall–Kier alpha value is -1.34. The van der Waals surface area contributed by atoms with E-state index in [2.05, 4.69) is 4.85 Å². The molecule has 62 valence electrons. The van der Waals surface area contributed by atoms with Gasteiger partial charge in [-0.2, -0.15) is 0 Å². The molecular weight excluding hydrogens is 174 g/mol. The summed E-state index contributed by atoms with van der Waals surface area (Å²) in [5.41, 5.74) is 0.447. The van der Waals surface area contributed by atoms with E-state index in [0.717, 1.165) is 6.26 Å². The van der Waals surface area contributed by atoms with Gasteiger partial charge in [0.25, 0.3) is 0 Å². The Morgan fingerprint density at radius 1 is 1.25 bits per heavy atom. The number of hydrogen-bond acceptors (Lipinski definition) is 2. The number of rotatable bonds is 1. The van der Waals surface area contributed by atoms with E-state index in [9.17, 15) is 8.42 Å². The molecule has 0 unspecified atom stereocenters. The van der Waals surface area contributed by atoms with Gasteiger partial charge in [0.15, 0.2) is 15.5 Å². The Labute approximate surface area is 71.4 Å². The number of sulfone groups is 1. The summed E-state index contributed by atoms with van der Waals surface area (Å²) < 4.78 is 21.9. The third-order valence-electron chi connectivity index (χ3n) is 1.39. The fraction of sp³-hybridized carbons (Fsp3) is 0.125. The Bertz CT molecular complexity index is 411. The third kappa shape index (κ3) is 1.83. The first-order valence-electron chi connectivity index (χ1n) is 3.21. The fourth-order valence-electron chi connectivity index (χ4n) is 0.768. The van der Waals surface area contributed by atoms with E-state index in [0.29, 0.717) is 5.69 Å². The van der Waals surface area contributed by atoms with E-state index in [1.165, 1.54) is 24.3 Å². The summed E-state index contributed by atoms with van der Waals surface area (Å²) in [6.07, 6.45) is 1.14. The quantitative estimate of drug-likeness (QED) is 0.618. The summed E-state index contributed by atoms with van der Waals surface area (Å²) in [5.74, 6) is 0. The normalized spacial score (nSPS) is 10.7. The van der Waals surface area contributed by atoms with Crippen LogP contribution in [0.2, 0.25) is 0 Å². The molecule has 0 saturated heterocycles. The average Bonchev–Trinajstić information content (AvgIpc) is 2.03. The van der Waals surface area contributed by atoms with Crippen molar-refractivity contribution in [2.24, 2.45) is 0 Å². The second kappa shape index (κ2) is 2.95. The van der Waals surface area contributed by atoms with Crippen LogP contribution in [0.4, 0.5) is 5.69 Å². The lowest BCUT2D eigenvalue weighted by Gasteiger charge is -1.96. The maximum atomic E-state index is 11.0. The molecule has 0 heterocycles. The molecule has 0 atom stereocenters. The molecule has 0 aliphatic carbocycles. The minimum atomic E-state index is -3.13. The molecule has 0 saturated carbocycles. The summed E-state index contributed by atoms with van der Waals surface area (Å²) in [5, 5.41) is 0. The maximum absolute atomic E-state index is 11.0. The van der Waals surface area contributed by atoms with E-state index in [4.69, 9.17) is 6.57 Å². The second-order valence-electron chi connectivity index (χ2n) is 2.38. The van der Waals surface area contributed by atoms with Gasteiger partial charge >= 0.3 is 0 Å². The van der Waals surface area contributed by atoms with Gasteiger partial charge in [0.2, 0.25) is 0 Å². The zero-order valence-electron chi connectivity index (χ0n) is 6.48. The SMILES string of the molecule is [C-]#[N+]c1ccc(S(C)(=O)=O)cc1. The first-order chi connectivity index (χ1) is 5.54. The lowest BCUT2D eigenvalue weighted by atomic mass is 10.3. The van der Waals surface area contributed by atoms with Crippen LogP contribution in [0.1, 0.15) is 0 Å². The van der Waals surface area contributed by atoms with Gasteiger partial charge in [-0.25, -0.2) is 13.3 Å². The van der Waals surface area contributed by atoms with Crippen LogP contribution in [0.15, 0.2) is 29.2 Å². The molecule has 0 N–H and O–H groups in total. The Morgan fingerprint density at radius 3 is 2.08 bits per heavy atom. The van der Waals surface area contributed by atoms with Crippen molar-refractivity contribution in [3.05, 3.63) is 35.7 Å². The van der Waals surface area contributed by atoms with Crippen molar-refractivity contribution >= 4 is 15.5 Å². The predicted octanol–water partition coefficient (Wildman–Crippen LogP) is 1.64. The molecule has 1 aromatic carbocycles. The third-order valence-corrected chi connectivity index (χ3v) is 2.52. The van der Waals surface area contributed by atoms with Gasteiger partial charge in [-0.15, -0.1) is 0 Å². The highest BCUT2D eigenvalue weighted by Crippen LogP contribution is 2.15. The van der Waals surface area contributed by atoms with Crippen LogP contribution in [0.25, 0.3) is 4.85 Å². The second-order valence-corrected chi connectivity index (χ2v) is 4.39. The highest BCUT2D eigenvalue weighted by atomic mass is 32.2. The summed E-state index contributed by atoms with van der Waals surface area (Å²) in [6, 6.07) is 5.85. The zero-order chi connectivity index (χ0) is 9.19. The minimum absolute atomic E-state index is 0.245. The van der Waals surface area contributed by atoms with Crippen molar-refractivity contribution in [2.75, 3.05) is 6.26 Å². The van der Waals surface area contributed by atoms with Crippen molar-refractivity contribution < 1.29 is 8.42 Å². The van der Waals surface area contributed by atoms with Gasteiger partial charge < -0.3 is 0 Å². The van der Waals surface area contributed by atoms with Gasteiger partial charge in [-0.1, -0.05) is 24.3 Å². The van der Waals surface area contributed by atoms with Gasteiger partial charge in [0, 0.05) is 6.26 Å². The van der Waals surface area contributed by atoms with Crippen molar-refractivity contribution in [3.63, 3.8) is 0 Å². The minimum Gasteiger partial charge on any atom is -0.238 e. The molecule has 3 nitrogen and oxygen atoms in total. The monoisotopic (exact) mass is 181 g/mol. The zero-order valence-corrected chi connectivity index (χ0v) is 7.30. The average molecular weight is 181 g/mol. The van der Waals surface area contributed by atoms with Gasteiger partial charge in [-0.3, -0.25) is 0 Å². The van der Waals surface area contributed by atoms with Crippen molar-refractivity contribution in [1.29, 1.82) is 0 Å². The van der Waals surface area contributed by atoms with Gasteiger partial charge in [0.1, 0.15) is 0 Å². The molecule has 4 heteroatoms. The summed E-state index contributed by atoms with van der Waals surface area (Å²) in [4.78, 5) is 3.39. The molecule has 0 aliphatic heterocycles. The predicted molar refractivity (Wildman–Crippen MR) is 45.8 cm³/mol. The summed E-state index contributed by atoms with van der Waals surface area (Å²) >= 11 is 0. The lowest BCUT2D eigenvalue weighted by molar-refractivity contribution is 0.602.